The Labute approximate surface area is 121 Å². The first-order valence-electron chi connectivity index (χ1n) is 5.88. The van der Waals surface area contributed by atoms with E-state index in [1.54, 1.807) is 25.1 Å². The van der Waals surface area contributed by atoms with Gasteiger partial charge < -0.3 is 10.4 Å². The maximum absolute atomic E-state index is 11.8. The quantitative estimate of drug-likeness (QED) is 0.793. The maximum Gasteiger partial charge on any atom is 0.306 e. The molecule has 1 aromatic carbocycles. The number of rotatable bonds is 6. The molecule has 1 rings (SSSR count). The molecule has 0 aliphatic carbocycles. The summed E-state index contributed by atoms with van der Waals surface area (Å²) in [5.74, 6) is -1.55. The molecule has 1 atom stereocenters. The molecule has 4 nitrogen and oxygen atoms in total. The summed E-state index contributed by atoms with van der Waals surface area (Å²) in [5.41, 5.74) is 0.320. The number of carboxylic acid groups (broad SMARTS) is 1. The summed E-state index contributed by atoms with van der Waals surface area (Å²) in [6.07, 6.45) is 1.11. The molecule has 0 heterocycles. The third kappa shape index (κ3) is 4.73. The van der Waals surface area contributed by atoms with Gasteiger partial charge in [0.15, 0.2) is 0 Å². The van der Waals surface area contributed by atoms with E-state index in [-0.39, 0.29) is 10.9 Å². The highest BCUT2D eigenvalue weighted by molar-refractivity contribution is 6.43. The lowest BCUT2D eigenvalue weighted by Crippen LogP contribution is -2.25. The molecule has 0 aromatic heterocycles. The van der Waals surface area contributed by atoms with E-state index in [9.17, 15) is 9.59 Å². The topological polar surface area (TPSA) is 66.4 Å². The van der Waals surface area contributed by atoms with E-state index in [1.165, 1.54) is 0 Å². The molecule has 2 N–H and O–H groups in total. The largest absolute Gasteiger partial charge is 0.481 e. The summed E-state index contributed by atoms with van der Waals surface area (Å²) in [6, 6.07) is 4.84. The first kappa shape index (κ1) is 15.8. The third-order valence-corrected chi connectivity index (χ3v) is 3.54. The molecule has 104 valence electrons. The summed E-state index contributed by atoms with van der Waals surface area (Å²) in [6.45, 7) is 2.04. The van der Waals surface area contributed by atoms with Gasteiger partial charge in [-0.3, -0.25) is 9.59 Å². The van der Waals surface area contributed by atoms with Crippen molar-refractivity contribution >= 4 is 35.1 Å². The van der Waals surface area contributed by atoms with Crippen LogP contribution in [-0.4, -0.2) is 23.5 Å². The molecule has 19 heavy (non-hydrogen) atoms. The summed E-state index contributed by atoms with van der Waals surface area (Å²) < 4.78 is 0. The fourth-order valence-electron chi connectivity index (χ4n) is 1.51. The number of aliphatic carboxylic acids is 1. The van der Waals surface area contributed by atoms with E-state index in [1.807, 2.05) is 0 Å². The number of halogens is 2. The van der Waals surface area contributed by atoms with Crippen LogP contribution in [0.1, 0.15) is 30.1 Å². The molecule has 0 bridgehead atoms. The number of carboxylic acids is 1. The molecule has 0 aliphatic heterocycles. The van der Waals surface area contributed by atoms with Crippen molar-refractivity contribution in [2.45, 2.75) is 19.8 Å². The second-order valence-corrected chi connectivity index (χ2v) is 5.02. The van der Waals surface area contributed by atoms with Gasteiger partial charge in [-0.15, -0.1) is 0 Å². The highest BCUT2D eigenvalue weighted by atomic mass is 35.5. The van der Waals surface area contributed by atoms with Gasteiger partial charge in [-0.1, -0.05) is 36.2 Å². The number of nitrogens with one attached hydrogen (secondary N) is 1. The summed E-state index contributed by atoms with van der Waals surface area (Å²) in [7, 11) is 0. The van der Waals surface area contributed by atoms with E-state index < -0.39 is 11.9 Å². The van der Waals surface area contributed by atoms with Crippen molar-refractivity contribution < 1.29 is 14.7 Å². The highest BCUT2D eigenvalue weighted by Gasteiger charge is 2.13. The average Bonchev–Trinajstić information content (AvgIpc) is 2.37. The summed E-state index contributed by atoms with van der Waals surface area (Å²) >= 11 is 11.7. The van der Waals surface area contributed by atoms with E-state index in [0.717, 1.165) is 0 Å². The molecule has 0 spiro atoms. The first-order chi connectivity index (χ1) is 8.93. The van der Waals surface area contributed by atoms with Crippen LogP contribution in [0.4, 0.5) is 0 Å². The van der Waals surface area contributed by atoms with E-state index in [4.69, 9.17) is 28.3 Å². The zero-order chi connectivity index (χ0) is 14.4. The van der Waals surface area contributed by atoms with Crippen LogP contribution in [-0.2, 0) is 4.79 Å². The molecule has 0 aliphatic rings. The molecule has 1 aromatic rings. The Morgan fingerprint density at radius 3 is 2.68 bits per heavy atom. The highest BCUT2D eigenvalue weighted by Crippen LogP contribution is 2.25. The molecular weight excluding hydrogens is 289 g/mol. The van der Waals surface area contributed by atoms with Gasteiger partial charge in [-0.05, 0) is 25.0 Å². The Bertz CT molecular complexity index is 477. The first-order valence-corrected chi connectivity index (χ1v) is 6.64. The minimum Gasteiger partial charge on any atom is -0.481 e. The second-order valence-electron chi connectivity index (χ2n) is 4.24. The van der Waals surface area contributed by atoms with Gasteiger partial charge >= 0.3 is 5.97 Å². The third-order valence-electron chi connectivity index (χ3n) is 2.72. The van der Waals surface area contributed by atoms with Crippen molar-refractivity contribution in [1.29, 1.82) is 0 Å². The van der Waals surface area contributed by atoms with Gasteiger partial charge in [0, 0.05) is 6.54 Å². The lowest BCUT2D eigenvalue weighted by molar-refractivity contribution is -0.141. The monoisotopic (exact) mass is 303 g/mol. The molecule has 0 saturated heterocycles. The molecule has 1 unspecified atom stereocenters. The maximum atomic E-state index is 11.8. The Morgan fingerprint density at radius 2 is 2.05 bits per heavy atom. The van der Waals surface area contributed by atoms with Crippen molar-refractivity contribution in [3.05, 3.63) is 33.8 Å². The number of carbonyl (C=O) groups excluding carboxylic acids is 1. The Morgan fingerprint density at radius 1 is 1.37 bits per heavy atom. The summed E-state index contributed by atoms with van der Waals surface area (Å²) in [5, 5.41) is 12.0. The number of amides is 1. The van der Waals surface area contributed by atoms with Gasteiger partial charge in [0.25, 0.3) is 5.91 Å². The second kappa shape index (κ2) is 7.36. The van der Waals surface area contributed by atoms with Crippen molar-refractivity contribution in [1.82, 2.24) is 5.32 Å². The predicted molar refractivity (Wildman–Crippen MR) is 74.8 cm³/mol. The van der Waals surface area contributed by atoms with Crippen LogP contribution in [0.2, 0.25) is 10.0 Å². The minimum absolute atomic E-state index is 0.223. The Balaban J connectivity index is 2.44. The van der Waals surface area contributed by atoms with E-state index in [0.29, 0.717) is 30.0 Å². The smallest absolute Gasteiger partial charge is 0.306 e. The number of hydrogen-bond acceptors (Lipinski definition) is 2. The average molecular weight is 304 g/mol. The van der Waals surface area contributed by atoms with Gasteiger partial charge in [0.05, 0.1) is 21.5 Å². The van der Waals surface area contributed by atoms with Gasteiger partial charge in [-0.25, -0.2) is 0 Å². The Hall–Kier alpha value is -1.26. The standard InChI is InChI=1S/C13H15Cl2NO3/c1-8(13(18)19)4-3-7-16-12(17)9-5-2-6-10(14)11(9)15/h2,5-6,8H,3-4,7H2,1H3,(H,16,17)(H,18,19). The summed E-state index contributed by atoms with van der Waals surface area (Å²) in [4.78, 5) is 22.4. The van der Waals surface area contributed by atoms with Crippen LogP contribution in [0.3, 0.4) is 0 Å². The van der Waals surface area contributed by atoms with Crippen LogP contribution in [0.5, 0.6) is 0 Å². The number of benzene rings is 1. The molecule has 0 radical (unpaired) electrons. The molecule has 6 heteroatoms. The van der Waals surface area contributed by atoms with Crippen molar-refractivity contribution in [2.75, 3.05) is 6.54 Å². The SMILES string of the molecule is CC(CCCNC(=O)c1cccc(Cl)c1Cl)C(=O)O. The lowest BCUT2D eigenvalue weighted by Gasteiger charge is -2.09. The molecule has 0 saturated carbocycles. The van der Waals surface area contributed by atoms with Crippen LogP contribution in [0.15, 0.2) is 18.2 Å². The van der Waals surface area contributed by atoms with Crippen LogP contribution >= 0.6 is 23.2 Å². The van der Waals surface area contributed by atoms with Gasteiger partial charge in [0.2, 0.25) is 0 Å². The zero-order valence-electron chi connectivity index (χ0n) is 10.5. The lowest BCUT2D eigenvalue weighted by atomic mass is 10.1. The fraction of sp³-hybridized carbons (Fsp3) is 0.385. The van der Waals surface area contributed by atoms with Crippen molar-refractivity contribution in [3.8, 4) is 0 Å². The Kier molecular flexibility index (Phi) is 6.12. The fourth-order valence-corrected chi connectivity index (χ4v) is 1.89. The van der Waals surface area contributed by atoms with E-state index in [2.05, 4.69) is 5.32 Å². The van der Waals surface area contributed by atoms with Crippen molar-refractivity contribution in [2.24, 2.45) is 5.92 Å². The number of hydrogen-bond donors (Lipinski definition) is 2. The molecular formula is C13H15Cl2NO3. The van der Waals surface area contributed by atoms with Gasteiger partial charge in [0.1, 0.15) is 0 Å². The van der Waals surface area contributed by atoms with E-state index >= 15 is 0 Å². The van der Waals surface area contributed by atoms with Crippen LogP contribution in [0, 0.1) is 5.92 Å². The van der Waals surface area contributed by atoms with Crippen LogP contribution < -0.4 is 5.32 Å². The van der Waals surface area contributed by atoms with Crippen LogP contribution in [0.25, 0.3) is 0 Å². The minimum atomic E-state index is -0.829. The zero-order valence-corrected chi connectivity index (χ0v) is 12.0. The normalized spacial score (nSPS) is 11.9. The van der Waals surface area contributed by atoms with Crippen molar-refractivity contribution in [3.63, 3.8) is 0 Å². The number of carbonyl (C=O) groups is 2. The molecule has 1 amide bonds. The predicted octanol–water partition coefficient (Wildman–Crippen LogP) is 3.22. The van der Waals surface area contributed by atoms with Gasteiger partial charge in [-0.2, -0.15) is 0 Å². The molecule has 0 fully saturated rings.